The van der Waals surface area contributed by atoms with Crippen LogP contribution in [-0.4, -0.2) is 68.0 Å². The molecule has 1 rings (SSSR count). The fourth-order valence-electron chi connectivity index (χ4n) is 1.69. The molecule has 0 aromatic heterocycles. The molecule has 0 unspecified atom stereocenters. The molecular formula is C10H22N2OS. The summed E-state index contributed by atoms with van der Waals surface area (Å²) in [5, 5.41) is 0. The first-order valence-electron chi connectivity index (χ1n) is 5.50. The van der Waals surface area contributed by atoms with Crippen molar-refractivity contribution in [2.75, 3.05) is 58.2 Å². The Morgan fingerprint density at radius 1 is 1.07 bits per heavy atom. The minimum absolute atomic E-state index is 0.776. The van der Waals surface area contributed by atoms with Gasteiger partial charge in [-0.2, -0.15) is 12.6 Å². The van der Waals surface area contributed by atoms with Gasteiger partial charge < -0.3 is 9.64 Å². The molecule has 0 bridgehead atoms. The zero-order chi connectivity index (χ0) is 10.2. The van der Waals surface area contributed by atoms with E-state index in [2.05, 4.69) is 29.4 Å². The molecule has 0 atom stereocenters. The Morgan fingerprint density at radius 3 is 2.29 bits per heavy atom. The Labute approximate surface area is 92.8 Å². The number of likely N-dealkylation sites (N-methyl/N-ethyl adjacent to an activating group) is 1. The van der Waals surface area contributed by atoms with E-state index < -0.39 is 0 Å². The van der Waals surface area contributed by atoms with Gasteiger partial charge in [0.2, 0.25) is 0 Å². The van der Waals surface area contributed by atoms with Crippen LogP contribution in [0.25, 0.3) is 0 Å². The molecule has 3 nitrogen and oxygen atoms in total. The Bertz CT molecular complexity index is 138. The molecule has 0 radical (unpaired) electrons. The monoisotopic (exact) mass is 218 g/mol. The molecular weight excluding hydrogens is 196 g/mol. The second-order valence-electron chi connectivity index (χ2n) is 3.61. The highest BCUT2D eigenvalue weighted by Crippen LogP contribution is 2.00. The van der Waals surface area contributed by atoms with Crippen LogP contribution in [0, 0.1) is 0 Å². The lowest BCUT2D eigenvalue weighted by molar-refractivity contribution is 0.0837. The number of thiol groups is 1. The summed E-state index contributed by atoms with van der Waals surface area (Å²) in [6, 6.07) is 0. The maximum absolute atomic E-state index is 5.41. The highest BCUT2D eigenvalue weighted by molar-refractivity contribution is 7.80. The number of ether oxygens (including phenoxy) is 1. The standard InChI is InChI=1S/C10H22N2OS/c1-2-11-3-5-12(6-4-11)7-8-13-9-10-14/h14H,2-10H2,1H3. The Balaban J connectivity index is 1.98. The quantitative estimate of drug-likeness (QED) is 0.518. The van der Waals surface area contributed by atoms with E-state index in [4.69, 9.17) is 4.74 Å². The molecule has 84 valence electrons. The van der Waals surface area contributed by atoms with Crippen molar-refractivity contribution in [1.82, 2.24) is 9.80 Å². The SMILES string of the molecule is CCN1CCN(CCOCCS)CC1. The van der Waals surface area contributed by atoms with Crippen molar-refractivity contribution in [2.45, 2.75) is 6.92 Å². The minimum atomic E-state index is 0.776. The first-order chi connectivity index (χ1) is 6.86. The fraction of sp³-hybridized carbons (Fsp3) is 1.00. The van der Waals surface area contributed by atoms with Gasteiger partial charge in [0.1, 0.15) is 0 Å². The molecule has 0 aliphatic carbocycles. The topological polar surface area (TPSA) is 15.7 Å². The molecule has 1 aliphatic rings. The Kier molecular flexibility index (Phi) is 6.60. The van der Waals surface area contributed by atoms with Gasteiger partial charge in [-0.1, -0.05) is 6.92 Å². The lowest BCUT2D eigenvalue weighted by Gasteiger charge is -2.33. The molecule has 0 saturated carbocycles. The normalized spacial score (nSPS) is 20.1. The highest BCUT2D eigenvalue weighted by atomic mass is 32.1. The maximum atomic E-state index is 5.41. The zero-order valence-corrected chi connectivity index (χ0v) is 10.0. The summed E-state index contributed by atoms with van der Waals surface area (Å²) in [6.07, 6.45) is 0. The lowest BCUT2D eigenvalue weighted by Crippen LogP contribution is -2.47. The van der Waals surface area contributed by atoms with Crippen molar-refractivity contribution in [3.05, 3.63) is 0 Å². The number of hydrogen-bond donors (Lipinski definition) is 1. The number of hydrogen-bond acceptors (Lipinski definition) is 4. The average Bonchev–Trinajstić information content (AvgIpc) is 2.25. The summed E-state index contributed by atoms with van der Waals surface area (Å²) in [6.45, 7) is 10.9. The molecule has 0 amide bonds. The second-order valence-corrected chi connectivity index (χ2v) is 4.06. The van der Waals surface area contributed by atoms with Crippen molar-refractivity contribution in [3.8, 4) is 0 Å². The summed E-state index contributed by atoms with van der Waals surface area (Å²) in [4.78, 5) is 4.97. The van der Waals surface area contributed by atoms with Crippen molar-refractivity contribution >= 4 is 12.6 Å². The van der Waals surface area contributed by atoms with Crippen LogP contribution in [0.15, 0.2) is 0 Å². The van der Waals surface area contributed by atoms with E-state index in [1.807, 2.05) is 0 Å². The summed E-state index contributed by atoms with van der Waals surface area (Å²) >= 11 is 4.10. The van der Waals surface area contributed by atoms with E-state index in [1.165, 1.54) is 32.7 Å². The molecule has 4 heteroatoms. The Hall–Kier alpha value is 0.230. The van der Waals surface area contributed by atoms with Gasteiger partial charge >= 0.3 is 0 Å². The van der Waals surface area contributed by atoms with Gasteiger partial charge in [-0.25, -0.2) is 0 Å². The Morgan fingerprint density at radius 2 is 1.71 bits per heavy atom. The number of nitrogens with zero attached hydrogens (tertiary/aromatic N) is 2. The maximum Gasteiger partial charge on any atom is 0.0593 e. The lowest BCUT2D eigenvalue weighted by atomic mass is 10.3. The highest BCUT2D eigenvalue weighted by Gasteiger charge is 2.14. The van der Waals surface area contributed by atoms with Gasteiger partial charge in [0.15, 0.2) is 0 Å². The van der Waals surface area contributed by atoms with Crippen LogP contribution in [0.3, 0.4) is 0 Å². The summed E-state index contributed by atoms with van der Waals surface area (Å²) in [7, 11) is 0. The minimum Gasteiger partial charge on any atom is -0.379 e. The van der Waals surface area contributed by atoms with Crippen LogP contribution < -0.4 is 0 Å². The van der Waals surface area contributed by atoms with E-state index >= 15 is 0 Å². The second kappa shape index (κ2) is 7.51. The van der Waals surface area contributed by atoms with Crippen LogP contribution in [0.4, 0.5) is 0 Å². The van der Waals surface area contributed by atoms with Gasteiger partial charge in [0.25, 0.3) is 0 Å². The van der Waals surface area contributed by atoms with Crippen molar-refractivity contribution in [3.63, 3.8) is 0 Å². The third kappa shape index (κ3) is 4.64. The van der Waals surface area contributed by atoms with Gasteiger partial charge in [0, 0.05) is 38.5 Å². The van der Waals surface area contributed by atoms with Crippen LogP contribution >= 0.6 is 12.6 Å². The van der Waals surface area contributed by atoms with E-state index in [0.29, 0.717) is 0 Å². The predicted octanol–water partition coefficient (Wildman–Crippen LogP) is 0.570. The molecule has 1 aliphatic heterocycles. The first-order valence-corrected chi connectivity index (χ1v) is 6.13. The molecule has 0 aromatic carbocycles. The molecule has 1 saturated heterocycles. The number of rotatable bonds is 6. The molecule has 14 heavy (non-hydrogen) atoms. The van der Waals surface area contributed by atoms with Gasteiger partial charge in [0.05, 0.1) is 13.2 Å². The summed E-state index contributed by atoms with van der Waals surface area (Å²) in [5.74, 6) is 0.823. The van der Waals surface area contributed by atoms with Gasteiger partial charge in [-0.3, -0.25) is 4.90 Å². The third-order valence-electron chi connectivity index (χ3n) is 2.70. The molecule has 1 heterocycles. The molecule has 0 N–H and O–H groups in total. The van der Waals surface area contributed by atoms with E-state index in [1.54, 1.807) is 0 Å². The average molecular weight is 218 g/mol. The fourth-order valence-corrected chi connectivity index (χ4v) is 1.82. The largest absolute Gasteiger partial charge is 0.379 e. The van der Waals surface area contributed by atoms with Crippen LogP contribution in [0.5, 0.6) is 0 Å². The molecule has 0 spiro atoms. The van der Waals surface area contributed by atoms with Gasteiger partial charge in [-0.05, 0) is 6.54 Å². The van der Waals surface area contributed by atoms with Gasteiger partial charge in [-0.15, -0.1) is 0 Å². The summed E-state index contributed by atoms with van der Waals surface area (Å²) in [5.41, 5.74) is 0. The number of piperazine rings is 1. The van der Waals surface area contributed by atoms with Crippen molar-refractivity contribution < 1.29 is 4.74 Å². The van der Waals surface area contributed by atoms with Crippen LogP contribution in [0.1, 0.15) is 6.92 Å². The van der Waals surface area contributed by atoms with Crippen molar-refractivity contribution in [1.29, 1.82) is 0 Å². The predicted molar refractivity (Wildman–Crippen MR) is 63.2 cm³/mol. The third-order valence-corrected chi connectivity index (χ3v) is 2.88. The first kappa shape index (κ1) is 12.3. The van der Waals surface area contributed by atoms with Crippen molar-refractivity contribution in [2.24, 2.45) is 0 Å². The molecule has 1 fully saturated rings. The van der Waals surface area contributed by atoms with E-state index in [-0.39, 0.29) is 0 Å². The van der Waals surface area contributed by atoms with Crippen LogP contribution in [-0.2, 0) is 4.74 Å². The van der Waals surface area contributed by atoms with E-state index in [0.717, 1.165) is 25.5 Å². The van der Waals surface area contributed by atoms with Crippen LogP contribution in [0.2, 0.25) is 0 Å². The smallest absolute Gasteiger partial charge is 0.0593 e. The zero-order valence-electron chi connectivity index (χ0n) is 9.11. The molecule has 0 aromatic rings. The summed E-state index contributed by atoms with van der Waals surface area (Å²) < 4.78 is 5.41. The van der Waals surface area contributed by atoms with E-state index in [9.17, 15) is 0 Å².